The average Bonchev–Trinajstić information content (AvgIpc) is 2.67. The fraction of sp³-hybridized carbons (Fsp3) is 0.350. The van der Waals surface area contributed by atoms with Gasteiger partial charge in [-0.3, -0.25) is 4.99 Å². The minimum atomic E-state index is 0.568. The highest BCUT2D eigenvalue weighted by Crippen LogP contribution is 2.12. The van der Waals surface area contributed by atoms with Gasteiger partial charge in [-0.25, -0.2) is 0 Å². The lowest BCUT2D eigenvalue weighted by Crippen LogP contribution is -2.38. The maximum Gasteiger partial charge on any atom is 0.191 e. The summed E-state index contributed by atoms with van der Waals surface area (Å²) in [5.74, 6) is 1.66. The predicted molar refractivity (Wildman–Crippen MR) is 102 cm³/mol. The first-order valence-electron chi connectivity index (χ1n) is 8.59. The second kappa shape index (κ2) is 11.1. The topological polar surface area (TPSA) is 54.9 Å². The lowest BCUT2D eigenvalue weighted by Gasteiger charge is -2.12. The third kappa shape index (κ3) is 7.27. The van der Waals surface area contributed by atoms with Crippen molar-refractivity contribution >= 4 is 5.96 Å². The molecule has 0 atom stereocenters. The highest BCUT2D eigenvalue weighted by Gasteiger charge is 2.00. The van der Waals surface area contributed by atoms with E-state index >= 15 is 0 Å². The van der Waals surface area contributed by atoms with E-state index in [1.54, 1.807) is 7.05 Å². The first-order valence-corrected chi connectivity index (χ1v) is 8.59. The molecular formula is C20H27N3O2. The van der Waals surface area contributed by atoms with Gasteiger partial charge in [0.1, 0.15) is 12.4 Å². The molecule has 25 heavy (non-hydrogen) atoms. The van der Waals surface area contributed by atoms with Crippen molar-refractivity contribution in [3.05, 3.63) is 65.7 Å². The molecule has 2 aromatic carbocycles. The molecule has 0 unspecified atom stereocenters. The summed E-state index contributed by atoms with van der Waals surface area (Å²) in [6.07, 6.45) is 0. The number of guanidine groups is 1. The minimum Gasteiger partial charge on any atom is -0.489 e. The Morgan fingerprint density at radius 2 is 1.68 bits per heavy atom. The third-order valence-electron chi connectivity index (χ3n) is 3.60. The summed E-state index contributed by atoms with van der Waals surface area (Å²) >= 11 is 0. The molecule has 0 aliphatic heterocycles. The average molecular weight is 341 g/mol. The monoisotopic (exact) mass is 341 g/mol. The minimum absolute atomic E-state index is 0.568. The summed E-state index contributed by atoms with van der Waals surface area (Å²) in [6.45, 7) is 5.42. The third-order valence-corrected chi connectivity index (χ3v) is 3.60. The molecule has 0 aromatic heterocycles. The van der Waals surface area contributed by atoms with Crippen molar-refractivity contribution in [1.29, 1.82) is 0 Å². The number of ether oxygens (including phenoxy) is 2. The van der Waals surface area contributed by atoms with Crippen LogP contribution in [0.15, 0.2) is 59.6 Å². The van der Waals surface area contributed by atoms with Crippen molar-refractivity contribution in [3.8, 4) is 5.75 Å². The second-order valence-electron chi connectivity index (χ2n) is 5.47. The molecule has 0 aliphatic rings. The molecule has 0 saturated carbocycles. The maximum atomic E-state index is 5.76. The smallest absolute Gasteiger partial charge is 0.191 e. The van der Waals surface area contributed by atoms with Crippen molar-refractivity contribution < 1.29 is 9.47 Å². The van der Waals surface area contributed by atoms with Crippen LogP contribution in [0.25, 0.3) is 0 Å². The normalized spacial score (nSPS) is 11.2. The van der Waals surface area contributed by atoms with Gasteiger partial charge in [0, 0.05) is 26.7 Å². The SMILES string of the molecule is CCOCCNC(=NC)NCc1ccc(COc2ccccc2)cc1. The quantitative estimate of drug-likeness (QED) is 0.418. The Labute approximate surface area is 150 Å². The maximum absolute atomic E-state index is 5.76. The Hall–Kier alpha value is -2.53. The van der Waals surface area contributed by atoms with Crippen LogP contribution >= 0.6 is 0 Å². The Kier molecular flexibility index (Phi) is 8.35. The zero-order valence-corrected chi connectivity index (χ0v) is 15.0. The standard InChI is InChI=1S/C20H27N3O2/c1-3-24-14-13-22-20(21-2)23-15-17-9-11-18(12-10-17)16-25-19-7-5-4-6-8-19/h4-12H,3,13-16H2,1-2H3,(H2,21,22,23). The van der Waals surface area contributed by atoms with Gasteiger partial charge in [-0.2, -0.15) is 0 Å². The molecule has 0 saturated heterocycles. The van der Waals surface area contributed by atoms with Crippen molar-refractivity contribution in [3.63, 3.8) is 0 Å². The van der Waals surface area contributed by atoms with E-state index in [9.17, 15) is 0 Å². The summed E-state index contributed by atoms with van der Waals surface area (Å²) in [7, 11) is 1.76. The van der Waals surface area contributed by atoms with Gasteiger partial charge in [0.15, 0.2) is 5.96 Å². The van der Waals surface area contributed by atoms with Crippen LogP contribution in [0.4, 0.5) is 0 Å². The molecule has 5 nitrogen and oxygen atoms in total. The van der Waals surface area contributed by atoms with Crippen LogP contribution in [0.5, 0.6) is 5.75 Å². The van der Waals surface area contributed by atoms with Gasteiger partial charge in [-0.15, -0.1) is 0 Å². The number of nitrogens with one attached hydrogen (secondary N) is 2. The van der Waals surface area contributed by atoms with Gasteiger partial charge in [-0.05, 0) is 30.2 Å². The Balaban J connectivity index is 1.74. The summed E-state index contributed by atoms with van der Waals surface area (Å²) < 4.78 is 11.1. The van der Waals surface area contributed by atoms with Crippen LogP contribution in [-0.4, -0.2) is 32.8 Å². The number of benzene rings is 2. The fourth-order valence-electron chi connectivity index (χ4n) is 2.23. The number of aliphatic imine (C=N–C) groups is 1. The molecule has 0 bridgehead atoms. The van der Waals surface area contributed by atoms with E-state index in [0.29, 0.717) is 19.8 Å². The fourth-order valence-corrected chi connectivity index (χ4v) is 2.23. The van der Waals surface area contributed by atoms with E-state index < -0.39 is 0 Å². The van der Waals surface area contributed by atoms with E-state index in [-0.39, 0.29) is 0 Å². The van der Waals surface area contributed by atoms with Crippen LogP contribution in [0.3, 0.4) is 0 Å². The molecule has 2 aromatic rings. The second-order valence-corrected chi connectivity index (χ2v) is 5.47. The van der Waals surface area contributed by atoms with Crippen molar-refractivity contribution in [1.82, 2.24) is 10.6 Å². The van der Waals surface area contributed by atoms with Gasteiger partial charge < -0.3 is 20.1 Å². The number of rotatable bonds is 9. The highest BCUT2D eigenvalue weighted by atomic mass is 16.5. The number of hydrogen-bond donors (Lipinski definition) is 2. The Morgan fingerprint density at radius 3 is 2.36 bits per heavy atom. The lowest BCUT2D eigenvalue weighted by atomic mass is 10.1. The summed E-state index contributed by atoms with van der Waals surface area (Å²) in [6, 6.07) is 18.2. The molecule has 134 valence electrons. The zero-order chi connectivity index (χ0) is 17.7. The van der Waals surface area contributed by atoms with Crippen molar-refractivity contribution in [2.45, 2.75) is 20.1 Å². The molecule has 0 radical (unpaired) electrons. The van der Waals surface area contributed by atoms with Crippen LogP contribution in [0.2, 0.25) is 0 Å². The molecular weight excluding hydrogens is 314 g/mol. The first-order chi connectivity index (χ1) is 12.3. The number of nitrogens with zero attached hydrogens (tertiary/aromatic N) is 1. The molecule has 0 spiro atoms. The van der Waals surface area contributed by atoms with E-state index in [4.69, 9.17) is 9.47 Å². The Bertz CT molecular complexity index is 627. The van der Waals surface area contributed by atoms with E-state index in [1.165, 1.54) is 5.56 Å². The van der Waals surface area contributed by atoms with Gasteiger partial charge in [0.25, 0.3) is 0 Å². The lowest BCUT2D eigenvalue weighted by molar-refractivity contribution is 0.152. The van der Waals surface area contributed by atoms with Crippen LogP contribution < -0.4 is 15.4 Å². The molecule has 0 fully saturated rings. The first kappa shape index (κ1) is 18.8. The largest absolute Gasteiger partial charge is 0.489 e. The van der Waals surface area contributed by atoms with Gasteiger partial charge in [0.05, 0.1) is 6.61 Å². The number of para-hydroxylation sites is 1. The van der Waals surface area contributed by atoms with E-state index in [2.05, 4.69) is 39.9 Å². The van der Waals surface area contributed by atoms with Crippen LogP contribution in [0, 0.1) is 0 Å². The van der Waals surface area contributed by atoms with Gasteiger partial charge >= 0.3 is 0 Å². The van der Waals surface area contributed by atoms with Crippen LogP contribution in [-0.2, 0) is 17.9 Å². The van der Waals surface area contributed by atoms with Crippen LogP contribution in [0.1, 0.15) is 18.1 Å². The van der Waals surface area contributed by atoms with Crippen molar-refractivity contribution in [2.24, 2.45) is 4.99 Å². The van der Waals surface area contributed by atoms with E-state index in [1.807, 2.05) is 37.3 Å². The number of hydrogen-bond acceptors (Lipinski definition) is 3. The van der Waals surface area contributed by atoms with Crippen molar-refractivity contribution in [2.75, 3.05) is 26.8 Å². The molecule has 2 rings (SSSR count). The zero-order valence-electron chi connectivity index (χ0n) is 15.0. The van der Waals surface area contributed by atoms with Gasteiger partial charge in [-0.1, -0.05) is 42.5 Å². The molecule has 0 amide bonds. The highest BCUT2D eigenvalue weighted by molar-refractivity contribution is 5.79. The molecule has 5 heteroatoms. The van der Waals surface area contributed by atoms with E-state index in [0.717, 1.165) is 30.4 Å². The Morgan fingerprint density at radius 1 is 0.960 bits per heavy atom. The molecule has 0 aliphatic carbocycles. The molecule has 0 heterocycles. The predicted octanol–water partition coefficient (Wildman–Crippen LogP) is 2.97. The summed E-state index contributed by atoms with van der Waals surface area (Å²) in [4.78, 5) is 4.20. The summed E-state index contributed by atoms with van der Waals surface area (Å²) in [5.41, 5.74) is 2.34. The molecule has 2 N–H and O–H groups in total. The summed E-state index contributed by atoms with van der Waals surface area (Å²) in [5, 5.41) is 6.51. The van der Waals surface area contributed by atoms with Gasteiger partial charge in [0.2, 0.25) is 0 Å².